The molecule has 0 radical (unpaired) electrons. The highest BCUT2D eigenvalue weighted by molar-refractivity contribution is 5.91. The van der Waals surface area contributed by atoms with Crippen molar-refractivity contribution in [2.24, 2.45) is 0 Å². The molecule has 0 spiro atoms. The summed E-state index contributed by atoms with van der Waals surface area (Å²) in [4.78, 5) is 33.3. The van der Waals surface area contributed by atoms with Crippen LogP contribution in [0, 0.1) is 15.9 Å². The normalized spacial score (nSPS) is 10.0. The molecule has 0 atom stereocenters. The van der Waals surface area contributed by atoms with Crippen molar-refractivity contribution >= 4 is 23.3 Å². The molecule has 0 unspecified atom stereocenters. The fraction of sp³-hybridized carbons (Fsp3) is 0.176. The minimum atomic E-state index is -0.788. The Hall–Kier alpha value is -3.49. The van der Waals surface area contributed by atoms with Gasteiger partial charge >= 0.3 is 5.97 Å². The number of nitrogens with zero attached hydrogens (tertiary/aromatic N) is 1. The van der Waals surface area contributed by atoms with Gasteiger partial charge in [-0.1, -0.05) is 6.07 Å². The smallest absolute Gasteiger partial charge is 0.338 e. The molecule has 0 saturated heterocycles. The van der Waals surface area contributed by atoms with Crippen LogP contribution in [0.5, 0.6) is 0 Å². The number of carbonyl (C=O) groups excluding carboxylic acids is 2. The number of rotatable bonds is 8. The van der Waals surface area contributed by atoms with Gasteiger partial charge in [-0.25, -0.2) is 9.18 Å². The summed E-state index contributed by atoms with van der Waals surface area (Å²) in [5.74, 6) is -1.86. The highest BCUT2D eigenvalue weighted by atomic mass is 19.1. The Labute approximate surface area is 148 Å². The fourth-order valence-electron chi connectivity index (χ4n) is 1.99. The third-order valence-electron chi connectivity index (χ3n) is 3.25. The van der Waals surface area contributed by atoms with E-state index in [1.165, 1.54) is 30.3 Å². The third kappa shape index (κ3) is 5.86. The van der Waals surface area contributed by atoms with Gasteiger partial charge in [0, 0.05) is 30.9 Å². The number of esters is 1. The van der Waals surface area contributed by atoms with Gasteiger partial charge in [0.2, 0.25) is 0 Å². The van der Waals surface area contributed by atoms with Crippen LogP contribution in [0.2, 0.25) is 0 Å². The lowest BCUT2D eigenvalue weighted by Crippen LogP contribution is -2.32. The molecule has 26 heavy (non-hydrogen) atoms. The molecule has 1 amide bonds. The number of hydrogen-bond acceptors (Lipinski definition) is 6. The van der Waals surface area contributed by atoms with Gasteiger partial charge in [0.05, 0.1) is 10.5 Å². The van der Waals surface area contributed by atoms with Crippen LogP contribution in [0.25, 0.3) is 0 Å². The summed E-state index contributed by atoms with van der Waals surface area (Å²) >= 11 is 0. The van der Waals surface area contributed by atoms with E-state index in [1.807, 2.05) is 0 Å². The SMILES string of the molecule is O=C(COC(=O)c1cccc(F)c1)NCCNc1ccc([N+](=O)[O-])cc1. The third-order valence-corrected chi connectivity index (χ3v) is 3.25. The second kappa shape index (κ2) is 9.11. The van der Waals surface area contributed by atoms with Crippen molar-refractivity contribution in [1.82, 2.24) is 5.32 Å². The second-order valence-corrected chi connectivity index (χ2v) is 5.17. The van der Waals surface area contributed by atoms with Crippen LogP contribution in [0.15, 0.2) is 48.5 Å². The first-order valence-corrected chi connectivity index (χ1v) is 7.63. The minimum Gasteiger partial charge on any atom is -0.452 e. The molecular formula is C17H16FN3O5. The molecule has 0 aliphatic carbocycles. The summed E-state index contributed by atoms with van der Waals surface area (Å²) in [7, 11) is 0. The topological polar surface area (TPSA) is 111 Å². The van der Waals surface area contributed by atoms with Gasteiger partial charge in [-0.3, -0.25) is 14.9 Å². The average molecular weight is 361 g/mol. The molecule has 0 saturated carbocycles. The average Bonchev–Trinajstić information content (AvgIpc) is 2.63. The number of nitro benzene ring substituents is 1. The number of ether oxygens (including phenoxy) is 1. The van der Waals surface area contributed by atoms with E-state index in [4.69, 9.17) is 4.74 Å². The Morgan fingerprint density at radius 2 is 1.85 bits per heavy atom. The van der Waals surface area contributed by atoms with Crippen LogP contribution in [-0.4, -0.2) is 36.5 Å². The molecule has 2 aromatic rings. The molecular weight excluding hydrogens is 345 g/mol. The monoisotopic (exact) mass is 361 g/mol. The minimum absolute atomic E-state index is 0.0102. The number of carbonyl (C=O) groups is 2. The molecule has 0 bridgehead atoms. The van der Waals surface area contributed by atoms with Crippen LogP contribution in [0.1, 0.15) is 10.4 Å². The van der Waals surface area contributed by atoms with Crippen LogP contribution in [0.3, 0.4) is 0 Å². The van der Waals surface area contributed by atoms with Gasteiger partial charge in [-0.15, -0.1) is 0 Å². The van der Waals surface area contributed by atoms with Crippen LogP contribution >= 0.6 is 0 Å². The zero-order valence-electron chi connectivity index (χ0n) is 13.6. The van der Waals surface area contributed by atoms with E-state index in [1.54, 1.807) is 12.1 Å². The Morgan fingerprint density at radius 1 is 1.12 bits per heavy atom. The Bertz CT molecular complexity index is 795. The van der Waals surface area contributed by atoms with E-state index in [2.05, 4.69) is 10.6 Å². The van der Waals surface area contributed by atoms with E-state index in [9.17, 15) is 24.1 Å². The van der Waals surface area contributed by atoms with Gasteiger partial charge in [0.1, 0.15) is 5.82 Å². The largest absolute Gasteiger partial charge is 0.452 e. The van der Waals surface area contributed by atoms with Crippen molar-refractivity contribution in [3.8, 4) is 0 Å². The molecule has 2 rings (SSSR count). The number of hydrogen-bond donors (Lipinski definition) is 2. The van der Waals surface area contributed by atoms with E-state index in [0.717, 1.165) is 6.07 Å². The fourth-order valence-corrected chi connectivity index (χ4v) is 1.99. The van der Waals surface area contributed by atoms with E-state index in [-0.39, 0.29) is 17.8 Å². The number of nitrogens with one attached hydrogen (secondary N) is 2. The maximum Gasteiger partial charge on any atom is 0.338 e. The number of nitro groups is 1. The van der Waals surface area contributed by atoms with Crippen LogP contribution in [0.4, 0.5) is 15.8 Å². The highest BCUT2D eigenvalue weighted by Crippen LogP contribution is 2.14. The number of halogens is 1. The van der Waals surface area contributed by atoms with Crippen molar-refractivity contribution < 1.29 is 23.6 Å². The van der Waals surface area contributed by atoms with Gasteiger partial charge in [-0.2, -0.15) is 0 Å². The van der Waals surface area contributed by atoms with Gasteiger partial charge in [-0.05, 0) is 30.3 Å². The lowest BCUT2D eigenvalue weighted by molar-refractivity contribution is -0.384. The maximum absolute atomic E-state index is 13.0. The molecule has 8 nitrogen and oxygen atoms in total. The molecule has 0 aliphatic rings. The lowest BCUT2D eigenvalue weighted by Gasteiger charge is -2.08. The van der Waals surface area contributed by atoms with Gasteiger partial charge < -0.3 is 15.4 Å². The molecule has 136 valence electrons. The zero-order valence-corrected chi connectivity index (χ0v) is 13.6. The number of anilines is 1. The zero-order chi connectivity index (χ0) is 18.9. The number of amides is 1. The summed E-state index contributed by atoms with van der Waals surface area (Å²) in [6.45, 7) is 0.154. The summed E-state index contributed by atoms with van der Waals surface area (Å²) < 4.78 is 17.8. The van der Waals surface area contributed by atoms with Crippen molar-refractivity contribution in [2.75, 3.05) is 25.0 Å². The predicted molar refractivity (Wildman–Crippen MR) is 91.3 cm³/mol. The summed E-state index contributed by atoms with van der Waals surface area (Å²) in [5, 5.41) is 16.1. The standard InChI is InChI=1S/C17H16FN3O5/c18-13-3-1-2-12(10-13)17(23)26-11-16(22)20-9-8-19-14-4-6-15(7-5-14)21(24)25/h1-7,10,19H,8-9,11H2,(H,20,22). The molecule has 0 heterocycles. The van der Waals surface area contributed by atoms with Crippen molar-refractivity contribution in [2.45, 2.75) is 0 Å². The quantitative estimate of drug-likeness (QED) is 0.322. The molecule has 0 fully saturated rings. The maximum atomic E-state index is 13.0. The van der Waals surface area contributed by atoms with Gasteiger partial charge in [0.15, 0.2) is 6.61 Å². The molecule has 9 heteroatoms. The molecule has 0 aromatic heterocycles. The van der Waals surface area contributed by atoms with Crippen molar-refractivity contribution in [3.63, 3.8) is 0 Å². The van der Waals surface area contributed by atoms with Gasteiger partial charge in [0.25, 0.3) is 11.6 Å². The first kappa shape index (κ1) is 18.8. The molecule has 0 aliphatic heterocycles. The molecule has 2 N–H and O–H groups in total. The Balaban J connectivity index is 1.65. The second-order valence-electron chi connectivity index (χ2n) is 5.17. The molecule has 2 aromatic carbocycles. The summed E-state index contributed by atoms with van der Waals surface area (Å²) in [5.41, 5.74) is 0.684. The van der Waals surface area contributed by atoms with Crippen molar-refractivity contribution in [1.29, 1.82) is 0 Å². The predicted octanol–water partition coefficient (Wildman–Crippen LogP) is 2.12. The van der Waals surface area contributed by atoms with Crippen LogP contribution in [-0.2, 0) is 9.53 Å². The lowest BCUT2D eigenvalue weighted by atomic mass is 10.2. The van der Waals surface area contributed by atoms with E-state index >= 15 is 0 Å². The summed E-state index contributed by atoms with van der Waals surface area (Å²) in [6, 6.07) is 10.8. The number of non-ortho nitro benzene ring substituents is 1. The van der Waals surface area contributed by atoms with E-state index < -0.39 is 29.2 Å². The van der Waals surface area contributed by atoms with Crippen LogP contribution < -0.4 is 10.6 Å². The number of benzene rings is 2. The Kier molecular flexibility index (Phi) is 6.60. The first-order chi connectivity index (χ1) is 12.5. The summed E-state index contributed by atoms with van der Waals surface area (Å²) in [6.07, 6.45) is 0. The van der Waals surface area contributed by atoms with Crippen molar-refractivity contribution in [3.05, 3.63) is 70.0 Å². The Morgan fingerprint density at radius 3 is 2.50 bits per heavy atom. The first-order valence-electron chi connectivity index (χ1n) is 7.63. The van der Waals surface area contributed by atoms with E-state index in [0.29, 0.717) is 12.2 Å². The highest BCUT2D eigenvalue weighted by Gasteiger charge is 2.10.